The molecule has 5 unspecified atom stereocenters. The molecule has 2 aliphatic rings. The zero-order chi connectivity index (χ0) is 29.8. The number of likely N-dealkylation sites (tertiary alicyclic amines) is 1. The molecule has 1 N–H and O–H groups in total. The molecule has 2 amide bonds. The number of benzene rings is 4. The van der Waals surface area contributed by atoms with Crippen molar-refractivity contribution in [1.29, 1.82) is 0 Å². The molecule has 0 saturated carbocycles. The summed E-state index contributed by atoms with van der Waals surface area (Å²) in [5.74, 6) is -1.96. The van der Waals surface area contributed by atoms with Crippen LogP contribution in [0, 0.1) is 12.8 Å². The number of carbonyl (C=O) groups excluding carboxylic acids is 3. The van der Waals surface area contributed by atoms with Crippen LogP contribution in [0.3, 0.4) is 0 Å². The van der Waals surface area contributed by atoms with Gasteiger partial charge in [-0.1, -0.05) is 109 Å². The summed E-state index contributed by atoms with van der Waals surface area (Å²) in [6.45, 7) is 3.01. The molecule has 4 aromatic rings. The van der Waals surface area contributed by atoms with Crippen LogP contribution in [0.2, 0.25) is 0 Å². The van der Waals surface area contributed by atoms with Crippen LogP contribution in [-0.4, -0.2) is 47.8 Å². The Morgan fingerprint density at radius 3 is 1.98 bits per heavy atom. The van der Waals surface area contributed by atoms with E-state index < -0.39 is 23.9 Å². The monoisotopic (exact) mass is 572 g/mol. The number of rotatable bonds is 8. The van der Waals surface area contributed by atoms with Crippen molar-refractivity contribution in [3.8, 4) is 0 Å². The highest BCUT2D eigenvalue weighted by atomic mass is 16.5. The number of ether oxygens (including phenoxy) is 1. The standard InChI is InChI=1S/C37H36N2O4/c1-25-19-21-29(22-20-25)37(42)39-33(27-14-7-3-8-15-27)32(35(40)28-16-9-4-10-17-28)31(26-12-5-2-6-13-26)34(39)36(41)38-24-30-18-11-23-43-30/h2-10,12-17,19-22,30-34H,11,18,23-24H2,1H3,(H,38,41). The van der Waals surface area contributed by atoms with Gasteiger partial charge < -0.3 is 15.0 Å². The minimum Gasteiger partial charge on any atom is -0.376 e. The molecule has 0 aromatic heterocycles. The number of amides is 2. The number of nitrogens with zero attached hydrogens (tertiary/aromatic N) is 1. The van der Waals surface area contributed by atoms with Gasteiger partial charge in [0, 0.05) is 30.2 Å². The molecule has 218 valence electrons. The van der Waals surface area contributed by atoms with E-state index in [2.05, 4.69) is 5.32 Å². The van der Waals surface area contributed by atoms with Crippen LogP contribution in [-0.2, 0) is 9.53 Å². The Kier molecular flexibility index (Phi) is 8.47. The predicted octanol–water partition coefficient (Wildman–Crippen LogP) is 6.14. The lowest BCUT2D eigenvalue weighted by molar-refractivity contribution is -0.126. The third-order valence-corrected chi connectivity index (χ3v) is 8.68. The molecule has 6 nitrogen and oxygen atoms in total. The summed E-state index contributed by atoms with van der Waals surface area (Å²) in [5.41, 5.74) is 3.71. The van der Waals surface area contributed by atoms with E-state index in [-0.39, 0.29) is 23.7 Å². The van der Waals surface area contributed by atoms with Gasteiger partial charge >= 0.3 is 0 Å². The minimum absolute atomic E-state index is 0.0616. The molecule has 0 radical (unpaired) electrons. The molecule has 6 heteroatoms. The highest BCUT2D eigenvalue weighted by molar-refractivity contribution is 6.04. The summed E-state index contributed by atoms with van der Waals surface area (Å²) >= 11 is 0. The topological polar surface area (TPSA) is 75.7 Å². The van der Waals surface area contributed by atoms with Gasteiger partial charge in [0.25, 0.3) is 5.91 Å². The summed E-state index contributed by atoms with van der Waals surface area (Å²) in [6.07, 6.45) is 1.77. The van der Waals surface area contributed by atoms with Gasteiger partial charge in [-0.25, -0.2) is 0 Å². The van der Waals surface area contributed by atoms with E-state index in [1.54, 1.807) is 17.0 Å². The number of nitrogens with one attached hydrogen (secondary N) is 1. The summed E-state index contributed by atoms with van der Waals surface area (Å²) in [4.78, 5) is 45.3. The summed E-state index contributed by atoms with van der Waals surface area (Å²) in [7, 11) is 0. The molecule has 2 saturated heterocycles. The average molecular weight is 573 g/mol. The van der Waals surface area contributed by atoms with Gasteiger partial charge in [0.1, 0.15) is 6.04 Å². The van der Waals surface area contributed by atoms with Crippen molar-refractivity contribution in [1.82, 2.24) is 10.2 Å². The SMILES string of the molecule is Cc1ccc(C(=O)N2C(C(=O)NCC3CCCO3)C(c3ccccc3)C(C(=O)c3ccccc3)C2c2ccccc2)cc1. The predicted molar refractivity (Wildman–Crippen MR) is 166 cm³/mol. The van der Waals surface area contributed by atoms with Crippen molar-refractivity contribution in [3.63, 3.8) is 0 Å². The maximum Gasteiger partial charge on any atom is 0.255 e. The van der Waals surface area contributed by atoms with Gasteiger partial charge in [-0.15, -0.1) is 0 Å². The van der Waals surface area contributed by atoms with E-state index >= 15 is 0 Å². The van der Waals surface area contributed by atoms with Crippen LogP contribution >= 0.6 is 0 Å². The molecule has 0 bridgehead atoms. The largest absolute Gasteiger partial charge is 0.376 e. The second kappa shape index (κ2) is 12.8. The van der Waals surface area contributed by atoms with Crippen LogP contribution < -0.4 is 5.32 Å². The first-order valence-electron chi connectivity index (χ1n) is 15.0. The lowest BCUT2D eigenvalue weighted by Gasteiger charge is -2.32. The summed E-state index contributed by atoms with van der Waals surface area (Å²) in [6, 6.07) is 34.3. The number of hydrogen-bond donors (Lipinski definition) is 1. The maximum atomic E-state index is 14.6. The molecule has 2 heterocycles. The molecule has 2 aliphatic heterocycles. The number of Topliss-reactive ketones (excluding diaryl/α,β-unsaturated/α-hetero) is 1. The van der Waals surface area contributed by atoms with E-state index in [1.807, 2.05) is 110 Å². The smallest absolute Gasteiger partial charge is 0.255 e. The molecule has 4 aromatic carbocycles. The van der Waals surface area contributed by atoms with Crippen LogP contribution in [0.1, 0.15) is 62.2 Å². The van der Waals surface area contributed by atoms with E-state index in [0.717, 1.165) is 29.5 Å². The van der Waals surface area contributed by atoms with Gasteiger partial charge in [-0.05, 0) is 43.0 Å². The van der Waals surface area contributed by atoms with Crippen molar-refractivity contribution < 1.29 is 19.1 Å². The molecule has 6 rings (SSSR count). The first-order valence-corrected chi connectivity index (χ1v) is 15.0. The van der Waals surface area contributed by atoms with Gasteiger partial charge in [-0.3, -0.25) is 14.4 Å². The van der Waals surface area contributed by atoms with Gasteiger partial charge in [0.2, 0.25) is 5.91 Å². The molecular weight excluding hydrogens is 536 g/mol. The normalized spacial score (nSPS) is 23.2. The molecule has 0 aliphatic carbocycles. The highest BCUT2D eigenvalue weighted by Crippen LogP contribution is 2.51. The van der Waals surface area contributed by atoms with Crippen LogP contribution in [0.4, 0.5) is 0 Å². The molecule has 5 atom stereocenters. The zero-order valence-corrected chi connectivity index (χ0v) is 24.3. The van der Waals surface area contributed by atoms with Crippen molar-refractivity contribution in [2.75, 3.05) is 13.2 Å². The fraction of sp³-hybridized carbons (Fsp3) is 0.270. The van der Waals surface area contributed by atoms with E-state index in [9.17, 15) is 14.4 Å². The third-order valence-electron chi connectivity index (χ3n) is 8.68. The Bertz CT molecular complexity index is 1550. The number of ketones is 1. The first-order chi connectivity index (χ1) is 21.0. The molecular formula is C37H36N2O4. The van der Waals surface area contributed by atoms with Crippen molar-refractivity contribution in [2.45, 2.75) is 43.9 Å². The van der Waals surface area contributed by atoms with E-state index in [1.165, 1.54) is 0 Å². The van der Waals surface area contributed by atoms with Crippen molar-refractivity contribution in [3.05, 3.63) is 143 Å². The fourth-order valence-electron chi connectivity index (χ4n) is 6.61. The number of hydrogen-bond acceptors (Lipinski definition) is 4. The summed E-state index contributed by atoms with van der Waals surface area (Å²) in [5, 5.41) is 3.11. The van der Waals surface area contributed by atoms with E-state index in [4.69, 9.17) is 4.74 Å². The van der Waals surface area contributed by atoms with Gasteiger partial charge in [-0.2, -0.15) is 0 Å². The second-order valence-electron chi connectivity index (χ2n) is 11.5. The first kappa shape index (κ1) is 28.6. The second-order valence-corrected chi connectivity index (χ2v) is 11.5. The van der Waals surface area contributed by atoms with Crippen molar-refractivity contribution in [2.24, 2.45) is 5.92 Å². The molecule has 2 fully saturated rings. The van der Waals surface area contributed by atoms with Gasteiger partial charge in [0.05, 0.1) is 18.1 Å². The maximum absolute atomic E-state index is 14.6. The van der Waals surface area contributed by atoms with Gasteiger partial charge in [0.15, 0.2) is 5.78 Å². The Hall–Kier alpha value is -4.55. The Morgan fingerprint density at radius 2 is 1.37 bits per heavy atom. The fourth-order valence-corrected chi connectivity index (χ4v) is 6.61. The van der Waals surface area contributed by atoms with E-state index in [0.29, 0.717) is 24.3 Å². The molecule has 0 spiro atoms. The Morgan fingerprint density at radius 1 is 0.767 bits per heavy atom. The minimum atomic E-state index is -0.930. The van der Waals surface area contributed by atoms with Crippen molar-refractivity contribution >= 4 is 17.6 Å². The summed E-state index contributed by atoms with van der Waals surface area (Å²) < 4.78 is 5.79. The Balaban J connectivity index is 1.54. The lowest BCUT2D eigenvalue weighted by atomic mass is 9.76. The third kappa shape index (κ3) is 5.88. The van der Waals surface area contributed by atoms with Crippen LogP contribution in [0.5, 0.6) is 0 Å². The number of aryl methyl sites for hydroxylation is 1. The Labute approximate surface area is 252 Å². The van der Waals surface area contributed by atoms with Crippen LogP contribution in [0.25, 0.3) is 0 Å². The number of carbonyl (C=O) groups is 3. The quantitative estimate of drug-likeness (QED) is 0.258. The molecule has 43 heavy (non-hydrogen) atoms. The van der Waals surface area contributed by atoms with Crippen LogP contribution in [0.15, 0.2) is 115 Å². The zero-order valence-electron chi connectivity index (χ0n) is 24.3. The highest BCUT2D eigenvalue weighted by Gasteiger charge is 2.57. The average Bonchev–Trinajstić information content (AvgIpc) is 3.71. The lowest BCUT2D eigenvalue weighted by Crippen LogP contribution is -2.50.